The zero-order valence-electron chi connectivity index (χ0n) is 13.4. The van der Waals surface area contributed by atoms with Crippen molar-refractivity contribution in [3.8, 4) is 0 Å². The van der Waals surface area contributed by atoms with Crippen LogP contribution in [0.2, 0.25) is 0 Å². The lowest BCUT2D eigenvalue weighted by Gasteiger charge is -2.19. The molecular formula is C15H22N2O5S. The average Bonchev–Trinajstić information content (AvgIpc) is 2.51. The number of unbranched alkanes of at least 4 members (excludes halogenated alkanes) is 1. The number of carboxylic acid groups (broad SMARTS) is 1. The van der Waals surface area contributed by atoms with E-state index in [2.05, 4.69) is 4.72 Å². The number of rotatable bonds is 8. The zero-order valence-corrected chi connectivity index (χ0v) is 14.3. The lowest BCUT2D eigenvalue weighted by atomic mass is 10.2. The van der Waals surface area contributed by atoms with E-state index in [0.29, 0.717) is 6.54 Å². The number of nitrogens with zero attached hydrogens (tertiary/aromatic N) is 1. The molecule has 1 aromatic rings. The molecule has 0 aromatic heterocycles. The lowest BCUT2D eigenvalue weighted by Crippen LogP contribution is -2.39. The fourth-order valence-electron chi connectivity index (χ4n) is 1.93. The highest BCUT2D eigenvalue weighted by Gasteiger charge is 2.27. The average molecular weight is 342 g/mol. The fourth-order valence-corrected chi connectivity index (χ4v) is 3.32. The van der Waals surface area contributed by atoms with Crippen molar-refractivity contribution >= 4 is 21.9 Å². The van der Waals surface area contributed by atoms with E-state index in [1.54, 1.807) is 13.1 Å². The van der Waals surface area contributed by atoms with Gasteiger partial charge >= 0.3 is 5.97 Å². The summed E-state index contributed by atoms with van der Waals surface area (Å²) in [5.74, 6) is -1.71. The van der Waals surface area contributed by atoms with E-state index in [4.69, 9.17) is 5.11 Å². The van der Waals surface area contributed by atoms with Crippen LogP contribution >= 0.6 is 0 Å². The SMILES string of the molecule is CCCCN(C)C(=O)c1ccccc1S(=O)(=O)NC(C)C(=O)O. The summed E-state index contributed by atoms with van der Waals surface area (Å²) >= 11 is 0. The number of benzene rings is 1. The van der Waals surface area contributed by atoms with Gasteiger partial charge in [0, 0.05) is 13.6 Å². The first kappa shape index (κ1) is 19.1. The summed E-state index contributed by atoms with van der Waals surface area (Å²) in [5.41, 5.74) is 0.0243. The number of carboxylic acids is 1. The molecule has 23 heavy (non-hydrogen) atoms. The first-order valence-corrected chi connectivity index (χ1v) is 8.78. The van der Waals surface area contributed by atoms with Crippen molar-refractivity contribution in [1.82, 2.24) is 9.62 Å². The van der Waals surface area contributed by atoms with Crippen LogP contribution in [0, 0.1) is 0 Å². The van der Waals surface area contributed by atoms with Gasteiger partial charge in [0.15, 0.2) is 0 Å². The summed E-state index contributed by atoms with van der Waals surface area (Å²) in [5, 5.41) is 8.85. The molecule has 0 aliphatic rings. The van der Waals surface area contributed by atoms with Crippen LogP contribution in [-0.2, 0) is 14.8 Å². The molecule has 0 radical (unpaired) electrons. The normalized spacial score (nSPS) is 12.7. The Kier molecular flexibility index (Phi) is 6.71. The molecule has 0 heterocycles. The molecule has 1 atom stereocenters. The van der Waals surface area contributed by atoms with E-state index in [0.717, 1.165) is 12.8 Å². The molecule has 128 valence electrons. The Morgan fingerprint density at radius 3 is 2.48 bits per heavy atom. The molecule has 1 rings (SSSR count). The van der Waals surface area contributed by atoms with Crippen LogP contribution in [0.1, 0.15) is 37.0 Å². The van der Waals surface area contributed by atoms with Crippen LogP contribution in [0.3, 0.4) is 0 Å². The molecular weight excluding hydrogens is 320 g/mol. The highest BCUT2D eigenvalue weighted by Crippen LogP contribution is 2.17. The third kappa shape index (κ3) is 5.04. The van der Waals surface area contributed by atoms with Crippen LogP contribution < -0.4 is 4.72 Å². The van der Waals surface area contributed by atoms with Gasteiger partial charge in [0.1, 0.15) is 6.04 Å². The maximum atomic E-state index is 12.5. The van der Waals surface area contributed by atoms with Gasteiger partial charge in [0.25, 0.3) is 5.91 Å². The Bertz CT molecular complexity index is 672. The minimum Gasteiger partial charge on any atom is -0.480 e. The molecule has 0 bridgehead atoms. The fraction of sp³-hybridized carbons (Fsp3) is 0.467. The maximum absolute atomic E-state index is 12.5. The zero-order chi connectivity index (χ0) is 17.6. The quantitative estimate of drug-likeness (QED) is 0.741. The van der Waals surface area contributed by atoms with Crippen LogP contribution in [-0.4, -0.2) is 49.9 Å². The molecule has 8 heteroatoms. The van der Waals surface area contributed by atoms with Gasteiger partial charge < -0.3 is 10.0 Å². The molecule has 0 aliphatic heterocycles. The number of nitrogens with one attached hydrogen (secondary N) is 1. The van der Waals surface area contributed by atoms with Crippen molar-refractivity contribution < 1.29 is 23.1 Å². The lowest BCUT2D eigenvalue weighted by molar-refractivity contribution is -0.138. The van der Waals surface area contributed by atoms with E-state index in [9.17, 15) is 18.0 Å². The molecule has 1 aromatic carbocycles. The van der Waals surface area contributed by atoms with Gasteiger partial charge in [-0.3, -0.25) is 9.59 Å². The second kappa shape index (κ2) is 8.07. The molecule has 0 aliphatic carbocycles. The van der Waals surface area contributed by atoms with E-state index in [1.807, 2.05) is 6.92 Å². The second-order valence-electron chi connectivity index (χ2n) is 5.26. The minimum absolute atomic E-state index is 0.0243. The Hall–Kier alpha value is -1.93. The van der Waals surface area contributed by atoms with Crippen molar-refractivity contribution in [2.75, 3.05) is 13.6 Å². The van der Waals surface area contributed by atoms with Gasteiger partial charge in [-0.1, -0.05) is 25.5 Å². The summed E-state index contributed by atoms with van der Waals surface area (Å²) in [7, 11) is -2.51. The predicted octanol–water partition coefficient (Wildman–Crippen LogP) is 1.31. The summed E-state index contributed by atoms with van der Waals surface area (Å²) in [6.45, 7) is 3.73. The number of hydrogen-bond acceptors (Lipinski definition) is 4. The topological polar surface area (TPSA) is 104 Å². The third-order valence-corrected chi connectivity index (χ3v) is 4.90. The molecule has 2 N–H and O–H groups in total. The Labute approximate surface area is 136 Å². The van der Waals surface area contributed by atoms with Crippen LogP contribution in [0.5, 0.6) is 0 Å². The van der Waals surface area contributed by atoms with E-state index < -0.39 is 27.9 Å². The number of hydrogen-bond donors (Lipinski definition) is 2. The molecule has 0 saturated heterocycles. The molecule has 7 nitrogen and oxygen atoms in total. The van der Waals surface area contributed by atoms with Crippen molar-refractivity contribution in [3.05, 3.63) is 29.8 Å². The smallest absolute Gasteiger partial charge is 0.321 e. The first-order chi connectivity index (χ1) is 10.7. The largest absolute Gasteiger partial charge is 0.480 e. The van der Waals surface area contributed by atoms with Gasteiger partial charge in [-0.15, -0.1) is 0 Å². The van der Waals surface area contributed by atoms with Crippen molar-refractivity contribution in [3.63, 3.8) is 0 Å². The predicted molar refractivity (Wildman–Crippen MR) is 85.7 cm³/mol. The molecule has 0 fully saturated rings. The van der Waals surface area contributed by atoms with Crippen molar-refractivity contribution in [2.24, 2.45) is 0 Å². The van der Waals surface area contributed by atoms with Crippen LogP contribution in [0.4, 0.5) is 0 Å². The number of carbonyl (C=O) groups is 2. The van der Waals surface area contributed by atoms with Crippen molar-refractivity contribution in [2.45, 2.75) is 37.6 Å². The van der Waals surface area contributed by atoms with E-state index in [1.165, 1.54) is 30.0 Å². The van der Waals surface area contributed by atoms with Crippen LogP contribution in [0.25, 0.3) is 0 Å². The number of carbonyl (C=O) groups excluding carboxylic acids is 1. The van der Waals surface area contributed by atoms with E-state index in [-0.39, 0.29) is 10.5 Å². The minimum atomic E-state index is -4.11. The first-order valence-electron chi connectivity index (χ1n) is 7.30. The van der Waals surface area contributed by atoms with Gasteiger partial charge in [0.2, 0.25) is 10.0 Å². The molecule has 1 amide bonds. The third-order valence-electron chi connectivity index (χ3n) is 3.30. The molecule has 1 unspecified atom stereocenters. The van der Waals surface area contributed by atoms with Crippen LogP contribution in [0.15, 0.2) is 29.2 Å². The summed E-state index contributed by atoms with van der Waals surface area (Å²) < 4.78 is 26.8. The molecule has 0 spiro atoms. The van der Waals surface area contributed by atoms with Gasteiger partial charge in [-0.2, -0.15) is 4.72 Å². The Morgan fingerprint density at radius 2 is 1.91 bits per heavy atom. The summed E-state index contributed by atoms with van der Waals surface area (Å²) in [4.78, 5) is 24.5. The highest BCUT2D eigenvalue weighted by atomic mass is 32.2. The number of sulfonamides is 1. The van der Waals surface area contributed by atoms with Crippen molar-refractivity contribution in [1.29, 1.82) is 0 Å². The standard InChI is InChI=1S/C15H22N2O5S/c1-4-5-10-17(3)14(18)12-8-6-7-9-13(12)23(21,22)16-11(2)15(19)20/h6-9,11,16H,4-5,10H2,1-3H3,(H,19,20). The summed E-state index contributed by atoms with van der Waals surface area (Å²) in [6, 6.07) is 4.48. The molecule has 0 saturated carbocycles. The van der Waals surface area contributed by atoms with Gasteiger partial charge in [-0.05, 0) is 25.5 Å². The number of aliphatic carboxylic acids is 1. The maximum Gasteiger partial charge on any atom is 0.321 e. The monoisotopic (exact) mass is 342 g/mol. The summed E-state index contributed by atoms with van der Waals surface area (Å²) in [6.07, 6.45) is 1.72. The Balaban J connectivity index is 3.14. The van der Waals surface area contributed by atoms with E-state index >= 15 is 0 Å². The highest BCUT2D eigenvalue weighted by molar-refractivity contribution is 7.89. The van der Waals surface area contributed by atoms with Gasteiger partial charge in [0.05, 0.1) is 10.5 Å². The second-order valence-corrected chi connectivity index (χ2v) is 6.94. The number of amides is 1. The van der Waals surface area contributed by atoms with Gasteiger partial charge in [-0.25, -0.2) is 8.42 Å². The Morgan fingerprint density at radius 1 is 1.30 bits per heavy atom.